The zero-order valence-electron chi connectivity index (χ0n) is 7.21. The smallest absolute Gasteiger partial charge is 0.111 e. The monoisotopic (exact) mass is 170 g/mol. The van der Waals surface area contributed by atoms with Gasteiger partial charge in [-0.15, -0.1) is 11.3 Å². The first kappa shape index (κ1) is 8.75. The molecule has 0 bridgehead atoms. The Morgan fingerprint density at radius 1 is 1.55 bits per heavy atom. The summed E-state index contributed by atoms with van der Waals surface area (Å²) in [6, 6.07) is 4.31. The summed E-state index contributed by atoms with van der Waals surface area (Å²) in [5, 5.41) is 4.51. The highest BCUT2D eigenvalue weighted by molar-refractivity contribution is 7.09. The van der Waals surface area contributed by atoms with E-state index in [0.29, 0.717) is 0 Å². The molecule has 1 nitrogen and oxygen atoms in total. The number of thiophene rings is 1. The molecule has 0 spiro atoms. The summed E-state index contributed by atoms with van der Waals surface area (Å²) in [6.07, 6.45) is 0. The van der Waals surface area contributed by atoms with Crippen molar-refractivity contribution in [2.24, 2.45) is 5.92 Å². The first-order valence-electron chi connectivity index (χ1n) is 4.13. The third-order valence-electron chi connectivity index (χ3n) is 1.56. The lowest BCUT2D eigenvalue weighted by Gasteiger charge is -2.01. The van der Waals surface area contributed by atoms with Gasteiger partial charge in [-0.3, -0.25) is 0 Å². The minimum absolute atomic E-state index is 0.801. The second-order valence-corrected chi connectivity index (χ2v) is 4.23. The van der Waals surface area contributed by atoms with Crippen LogP contribution >= 0.6 is 11.3 Å². The van der Waals surface area contributed by atoms with Gasteiger partial charge in [0.15, 0.2) is 0 Å². The maximum atomic E-state index is 2.37. The SMILES string of the molecule is CC(C)C[NH2+]Cc1cccs1. The van der Waals surface area contributed by atoms with Crippen molar-refractivity contribution >= 4 is 11.3 Å². The quantitative estimate of drug-likeness (QED) is 0.704. The molecule has 0 aliphatic rings. The summed E-state index contributed by atoms with van der Waals surface area (Å²) in [4.78, 5) is 1.48. The summed E-state index contributed by atoms with van der Waals surface area (Å²) < 4.78 is 0. The lowest BCUT2D eigenvalue weighted by atomic mass is 10.2. The van der Waals surface area contributed by atoms with Crippen LogP contribution in [0, 0.1) is 5.92 Å². The summed E-state index contributed by atoms with van der Waals surface area (Å²) in [7, 11) is 0. The summed E-state index contributed by atoms with van der Waals surface area (Å²) in [6.45, 7) is 6.89. The van der Waals surface area contributed by atoms with E-state index >= 15 is 0 Å². The van der Waals surface area contributed by atoms with Crippen LogP contribution in [0.2, 0.25) is 0 Å². The molecule has 2 N–H and O–H groups in total. The predicted molar refractivity (Wildman–Crippen MR) is 49.7 cm³/mol. The molecule has 62 valence electrons. The molecule has 0 fully saturated rings. The van der Waals surface area contributed by atoms with E-state index in [-0.39, 0.29) is 0 Å². The van der Waals surface area contributed by atoms with E-state index in [1.54, 1.807) is 0 Å². The fraction of sp³-hybridized carbons (Fsp3) is 0.556. The molecule has 1 heterocycles. The normalized spacial score (nSPS) is 10.8. The maximum Gasteiger partial charge on any atom is 0.111 e. The largest absolute Gasteiger partial charge is 0.342 e. The molecule has 0 amide bonds. The van der Waals surface area contributed by atoms with Crippen molar-refractivity contribution in [3.63, 3.8) is 0 Å². The van der Waals surface area contributed by atoms with Gasteiger partial charge in [0.2, 0.25) is 0 Å². The van der Waals surface area contributed by atoms with Crippen LogP contribution in [-0.4, -0.2) is 6.54 Å². The van der Waals surface area contributed by atoms with Crippen molar-refractivity contribution in [3.05, 3.63) is 22.4 Å². The molecule has 0 aromatic carbocycles. The molecule has 1 aromatic heterocycles. The Labute approximate surface area is 72.4 Å². The van der Waals surface area contributed by atoms with Crippen LogP contribution in [-0.2, 0) is 6.54 Å². The highest BCUT2D eigenvalue weighted by Crippen LogP contribution is 2.05. The summed E-state index contributed by atoms with van der Waals surface area (Å²) >= 11 is 1.84. The topological polar surface area (TPSA) is 16.6 Å². The van der Waals surface area contributed by atoms with Gasteiger partial charge >= 0.3 is 0 Å². The van der Waals surface area contributed by atoms with Crippen LogP contribution in [0.3, 0.4) is 0 Å². The molecule has 0 saturated carbocycles. The van der Waals surface area contributed by atoms with E-state index in [2.05, 4.69) is 36.7 Å². The van der Waals surface area contributed by atoms with Gasteiger partial charge in [0, 0.05) is 5.92 Å². The number of rotatable bonds is 4. The van der Waals surface area contributed by atoms with Gasteiger partial charge < -0.3 is 5.32 Å². The lowest BCUT2D eigenvalue weighted by Crippen LogP contribution is -2.83. The third-order valence-corrected chi connectivity index (χ3v) is 2.46. The van der Waals surface area contributed by atoms with Gasteiger partial charge in [-0.1, -0.05) is 19.9 Å². The lowest BCUT2D eigenvalue weighted by molar-refractivity contribution is -0.674. The summed E-state index contributed by atoms with van der Waals surface area (Å²) in [5.41, 5.74) is 0. The molecule has 1 rings (SSSR count). The third kappa shape index (κ3) is 3.54. The Bertz CT molecular complexity index is 179. The van der Waals surface area contributed by atoms with Crippen LogP contribution in [0.1, 0.15) is 18.7 Å². The first-order chi connectivity index (χ1) is 5.29. The minimum Gasteiger partial charge on any atom is -0.342 e. The molecule has 2 heteroatoms. The second kappa shape index (κ2) is 4.52. The fourth-order valence-corrected chi connectivity index (χ4v) is 1.69. The van der Waals surface area contributed by atoms with Crippen molar-refractivity contribution in [2.75, 3.05) is 6.54 Å². The van der Waals surface area contributed by atoms with Gasteiger partial charge in [-0.05, 0) is 11.4 Å². The van der Waals surface area contributed by atoms with E-state index in [4.69, 9.17) is 0 Å². The molecule has 0 aliphatic carbocycles. The molecule has 0 aliphatic heterocycles. The molecule has 0 saturated heterocycles. The number of nitrogens with two attached hydrogens (primary N) is 1. The van der Waals surface area contributed by atoms with Crippen molar-refractivity contribution in [3.8, 4) is 0 Å². The van der Waals surface area contributed by atoms with Gasteiger partial charge in [-0.2, -0.15) is 0 Å². The molecule has 0 unspecified atom stereocenters. The highest BCUT2D eigenvalue weighted by Gasteiger charge is 1.97. The van der Waals surface area contributed by atoms with Crippen molar-refractivity contribution in [1.29, 1.82) is 0 Å². The van der Waals surface area contributed by atoms with Crippen LogP contribution in [0.5, 0.6) is 0 Å². The minimum atomic E-state index is 0.801. The maximum absolute atomic E-state index is 2.37. The predicted octanol–water partition coefficient (Wildman–Crippen LogP) is 1.47. The van der Waals surface area contributed by atoms with Gasteiger partial charge in [-0.25, -0.2) is 0 Å². The Morgan fingerprint density at radius 2 is 2.36 bits per heavy atom. The Hall–Kier alpha value is -0.340. The average Bonchev–Trinajstić information content (AvgIpc) is 2.39. The Kier molecular flexibility index (Phi) is 3.60. The van der Waals surface area contributed by atoms with E-state index in [1.807, 2.05) is 11.3 Å². The fourth-order valence-electron chi connectivity index (χ4n) is 0.988. The van der Waals surface area contributed by atoms with Gasteiger partial charge in [0.05, 0.1) is 11.4 Å². The Balaban J connectivity index is 2.14. The van der Waals surface area contributed by atoms with Crippen LogP contribution < -0.4 is 5.32 Å². The molecule has 11 heavy (non-hydrogen) atoms. The van der Waals surface area contributed by atoms with Gasteiger partial charge in [0.25, 0.3) is 0 Å². The molecular weight excluding hydrogens is 154 g/mol. The molecule has 1 aromatic rings. The van der Waals surface area contributed by atoms with E-state index in [9.17, 15) is 0 Å². The second-order valence-electron chi connectivity index (χ2n) is 3.20. The van der Waals surface area contributed by atoms with E-state index in [0.717, 1.165) is 12.5 Å². The van der Waals surface area contributed by atoms with Crippen LogP contribution in [0.4, 0.5) is 0 Å². The van der Waals surface area contributed by atoms with Crippen molar-refractivity contribution in [2.45, 2.75) is 20.4 Å². The van der Waals surface area contributed by atoms with E-state index in [1.165, 1.54) is 11.4 Å². The Morgan fingerprint density at radius 3 is 2.91 bits per heavy atom. The molecular formula is C9H16NS+. The van der Waals surface area contributed by atoms with Crippen LogP contribution in [0.15, 0.2) is 17.5 Å². The summed E-state index contributed by atoms with van der Waals surface area (Å²) in [5.74, 6) is 0.801. The standard InChI is InChI=1S/C9H15NS/c1-8(2)6-10-7-9-4-3-5-11-9/h3-5,8,10H,6-7H2,1-2H3/p+1. The molecule has 0 radical (unpaired) electrons. The van der Waals surface area contributed by atoms with Crippen LogP contribution in [0.25, 0.3) is 0 Å². The van der Waals surface area contributed by atoms with Crippen molar-refractivity contribution in [1.82, 2.24) is 0 Å². The van der Waals surface area contributed by atoms with E-state index < -0.39 is 0 Å². The molecule has 0 atom stereocenters. The highest BCUT2D eigenvalue weighted by atomic mass is 32.1. The average molecular weight is 170 g/mol. The number of hydrogen-bond donors (Lipinski definition) is 1. The zero-order valence-corrected chi connectivity index (χ0v) is 8.03. The van der Waals surface area contributed by atoms with Gasteiger partial charge in [0.1, 0.15) is 6.54 Å². The van der Waals surface area contributed by atoms with Crippen molar-refractivity contribution < 1.29 is 5.32 Å². The zero-order chi connectivity index (χ0) is 8.10. The first-order valence-corrected chi connectivity index (χ1v) is 5.01. The number of quaternary nitrogens is 1. The number of hydrogen-bond acceptors (Lipinski definition) is 1.